The van der Waals surface area contributed by atoms with Gasteiger partial charge in [-0.05, 0) is 42.5 Å². The number of nitrogens with one attached hydrogen (secondary N) is 2. The maximum Gasteiger partial charge on any atom is 0.224 e. The van der Waals surface area contributed by atoms with Crippen LogP contribution < -0.4 is 10.6 Å². The Morgan fingerprint density at radius 1 is 1.40 bits per heavy atom. The summed E-state index contributed by atoms with van der Waals surface area (Å²) >= 11 is 0. The summed E-state index contributed by atoms with van der Waals surface area (Å²) < 4.78 is 14.3. The zero-order valence-corrected chi connectivity index (χ0v) is 12.2. The zero-order chi connectivity index (χ0) is 13.2. The molecule has 1 aliphatic heterocycles. The van der Waals surface area contributed by atoms with Crippen molar-refractivity contribution in [3.63, 3.8) is 0 Å². The third-order valence-electron chi connectivity index (χ3n) is 3.96. The minimum Gasteiger partial charge on any atom is -0.324 e. The maximum atomic E-state index is 14.3. The summed E-state index contributed by atoms with van der Waals surface area (Å²) in [4.78, 5) is 11.8. The number of amides is 1. The lowest BCUT2D eigenvalue weighted by Gasteiger charge is -2.19. The van der Waals surface area contributed by atoms with Gasteiger partial charge in [0.1, 0.15) is 5.82 Å². The monoisotopic (exact) mass is 298 g/mol. The van der Waals surface area contributed by atoms with E-state index in [2.05, 4.69) is 10.6 Å². The number of anilines is 1. The molecule has 0 radical (unpaired) electrons. The summed E-state index contributed by atoms with van der Waals surface area (Å²) in [5.41, 5.74) is 2.08. The van der Waals surface area contributed by atoms with Crippen molar-refractivity contribution in [2.45, 2.75) is 38.6 Å². The van der Waals surface area contributed by atoms with Crippen molar-refractivity contribution in [1.29, 1.82) is 0 Å². The number of hydrogen-bond donors (Lipinski definition) is 2. The van der Waals surface area contributed by atoms with Crippen LogP contribution in [0, 0.1) is 11.7 Å². The van der Waals surface area contributed by atoms with Crippen LogP contribution in [0.3, 0.4) is 0 Å². The predicted octanol–water partition coefficient (Wildman–Crippen LogP) is 3.02. The molecule has 1 fully saturated rings. The van der Waals surface area contributed by atoms with Gasteiger partial charge in [0.15, 0.2) is 0 Å². The lowest BCUT2D eigenvalue weighted by molar-refractivity contribution is -0.116. The van der Waals surface area contributed by atoms with E-state index in [0.29, 0.717) is 25.1 Å². The summed E-state index contributed by atoms with van der Waals surface area (Å²) in [6.07, 6.45) is 4.61. The van der Waals surface area contributed by atoms with Gasteiger partial charge in [0, 0.05) is 13.0 Å². The average molecular weight is 299 g/mol. The van der Waals surface area contributed by atoms with Crippen molar-refractivity contribution < 1.29 is 9.18 Å². The minimum absolute atomic E-state index is 0. The van der Waals surface area contributed by atoms with E-state index in [-0.39, 0.29) is 24.1 Å². The minimum atomic E-state index is -0.251. The number of benzene rings is 1. The predicted molar refractivity (Wildman–Crippen MR) is 79.6 cm³/mol. The van der Waals surface area contributed by atoms with Crippen LogP contribution in [0.2, 0.25) is 0 Å². The van der Waals surface area contributed by atoms with E-state index < -0.39 is 0 Å². The number of hydrogen-bond acceptors (Lipinski definition) is 2. The molecule has 0 aromatic heterocycles. The Balaban J connectivity index is 0.00000147. The number of halogens is 2. The molecule has 5 heteroatoms. The Morgan fingerprint density at radius 2 is 2.20 bits per heavy atom. The second kappa shape index (κ2) is 6.55. The lowest BCUT2D eigenvalue weighted by atomic mass is 9.99. The second-order valence-corrected chi connectivity index (χ2v) is 5.52. The van der Waals surface area contributed by atoms with Gasteiger partial charge in [0.2, 0.25) is 5.91 Å². The number of fused-ring (bicyclic) bond motifs is 1. The van der Waals surface area contributed by atoms with Crippen LogP contribution in [0.1, 0.15) is 36.8 Å². The molecule has 0 saturated heterocycles. The highest BCUT2D eigenvalue weighted by Crippen LogP contribution is 2.33. The molecule has 1 aromatic rings. The van der Waals surface area contributed by atoms with Gasteiger partial charge in [-0.3, -0.25) is 4.79 Å². The van der Waals surface area contributed by atoms with E-state index in [0.717, 1.165) is 30.0 Å². The molecule has 0 unspecified atom stereocenters. The largest absolute Gasteiger partial charge is 0.324 e. The Bertz CT molecular complexity index is 503. The topological polar surface area (TPSA) is 41.1 Å². The fraction of sp³-hybridized carbons (Fsp3) is 0.533. The Labute approximate surface area is 124 Å². The van der Waals surface area contributed by atoms with E-state index in [9.17, 15) is 9.18 Å². The number of carbonyl (C=O) groups excluding carboxylic acids is 1. The van der Waals surface area contributed by atoms with Crippen LogP contribution in [0.4, 0.5) is 10.1 Å². The molecular formula is C15H20ClFN2O. The summed E-state index contributed by atoms with van der Waals surface area (Å²) in [5, 5.41) is 5.92. The van der Waals surface area contributed by atoms with Gasteiger partial charge in [0.05, 0.1) is 5.69 Å². The lowest BCUT2D eigenvalue weighted by Crippen LogP contribution is -2.25. The molecule has 0 spiro atoms. The number of carbonyl (C=O) groups is 1. The first-order valence-corrected chi connectivity index (χ1v) is 7.05. The van der Waals surface area contributed by atoms with Gasteiger partial charge in [0.25, 0.3) is 0 Å². The fourth-order valence-corrected chi connectivity index (χ4v) is 2.58. The molecule has 1 saturated carbocycles. The SMILES string of the molecule is Cl.O=C(CCC1CC1)Nc1ccc2c(c1F)CCNC2. The molecular weight excluding hydrogens is 279 g/mol. The van der Waals surface area contributed by atoms with Crippen LogP contribution in [0.5, 0.6) is 0 Å². The van der Waals surface area contributed by atoms with Gasteiger partial charge in [-0.2, -0.15) is 0 Å². The third-order valence-corrected chi connectivity index (χ3v) is 3.96. The fourth-order valence-electron chi connectivity index (χ4n) is 2.58. The van der Waals surface area contributed by atoms with E-state index in [4.69, 9.17) is 0 Å². The summed E-state index contributed by atoms with van der Waals surface area (Å²) in [5.74, 6) is 0.406. The molecule has 3 nitrogen and oxygen atoms in total. The highest BCUT2D eigenvalue weighted by molar-refractivity contribution is 5.91. The van der Waals surface area contributed by atoms with Crippen molar-refractivity contribution in [3.8, 4) is 0 Å². The van der Waals surface area contributed by atoms with Crippen LogP contribution in [-0.2, 0) is 17.8 Å². The summed E-state index contributed by atoms with van der Waals surface area (Å²) in [6, 6.07) is 3.58. The molecule has 2 aliphatic rings. The van der Waals surface area contributed by atoms with Gasteiger partial charge in [-0.15, -0.1) is 12.4 Å². The Hall–Kier alpha value is -1.13. The van der Waals surface area contributed by atoms with Crippen molar-refractivity contribution in [3.05, 3.63) is 29.1 Å². The van der Waals surface area contributed by atoms with Crippen molar-refractivity contribution in [1.82, 2.24) is 5.32 Å². The smallest absolute Gasteiger partial charge is 0.224 e. The van der Waals surface area contributed by atoms with Gasteiger partial charge >= 0.3 is 0 Å². The van der Waals surface area contributed by atoms with Crippen LogP contribution in [0.25, 0.3) is 0 Å². The standard InChI is InChI=1S/C15H19FN2O.ClH/c16-15-12-7-8-17-9-11(12)4-5-13(15)18-14(19)6-3-10-1-2-10;/h4-5,10,17H,1-3,6-9H2,(H,18,19);1H. The highest BCUT2D eigenvalue weighted by atomic mass is 35.5. The van der Waals surface area contributed by atoms with E-state index in [1.807, 2.05) is 6.07 Å². The molecule has 0 bridgehead atoms. The molecule has 1 aromatic carbocycles. The van der Waals surface area contributed by atoms with Crippen molar-refractivity contribution in [2.75, 3.05) is 11.9 Å². The highest BCUT2D eigenvalue weighted by Gasteiger charge is 2.22. The van der Waals surface area contributed by atoms with Crippen molar-refractivity contribution >= 4 is 24.0 Å². The van der Waals surface area contributed by atoms with Gasteiger partial charge in [-0.1, -0.05) is 18.9 Å². The van der Waals surface area contributed by atoms with E-state index >= 15 is 0 Å². The van der Waals surface area contributed by atoms with Crippen LogP contribution in [-0.4, -0.2) is 12.5 Å². The Morgan fingerprint density at radius 3 is 2.95 bits per heavy atom. The average Bonchev–Trinajstić information content (AvgIpc) is 3.24. The first-order chi connectivity index (χ1) is 9.24. The Kier molecular flexibility index (Phi) is 5.00. The van der Waals surface area contributed by atoms with Crippen molar-refractivity contribution in [2.24, 2.45) is 5.92 Å². The molecule has 0 atom stereocenters. The number of rotatable bonds is 4. The van der Waals surface area contributed by atoms with E-state index in [1.54, 1.807) is 6.07 Å². The first-order valence-electron chi connectivity index (χ1n) is 7.05. The molecule has 2 N–H and O–H groups in total. The summed E-state index contributed by atoms with van der Waals surface area (Å²) in [7, 11) is 0. The molecule has 110 valence electrons. The van der Waals surface area contributed by atoms with Gasteiger partial charge in [-0.25, -0.2) is 4.39 Å². The molecule has 1 amide bonds. The molecule has 20 heavy (non-hydrogen) atoms. The van der Waals surface area contributed by atoms with Crippen LogP contribution in [0.15, 0.2) is 12.1 Å². The van der Waals surface area contributed by atoms with E-state index in [1.165, 1.54) is 12.8 Å². The summed E-state index contributed by atoms with van der Waals surface area (Å²) in [6.45, 7) is 1.51. The quantitative estimate of drug-likeness (QED) is 0.897. The zero-order valence-electron chi connectivity index (χ0n) is 11.4. The maximum absolute atomic E-state index is 14.3. The molecule has 1 heterocycles. The molecule has 3 rings (SSSR count). The second-order valence-electron chi connectivity index (χ2n) is 5.52. The first kappa shape index (κ1) is 15.3. The van der Waals surface area contributed by atoms with Gasteiger partial charge < -0.3 is 10.6 Å². The normalized spacial score (nSPS) is 17.1. The third kappa shape index (κ3) is 3.49. The molecule has 1 aliphatic carbocycles. The van der Waals surface area contributed by atoms with Crippen LogP contribution >= 0.6 is 12.4 Å².